The third kappa shape index (κ3) is 2.37. The van der Waals surface area contributed by atoms with Crippen molar-refractivity contribution >= 4 is 16.6 Å². The molecule has 3 heteroatoms. The van der Waals surface area contributed by atoms with E-state index in [-0.39, 0.29) is 0 Å². The Balaban J connectivity index is 0.000000531. The van der Waals surface area contributed by atoms with Crippen LogP contribution in [0, 0.1) is 0 Å². The Morgan fingerprint density at radius 3 is 2.60 bits per heavy atom. The highest BCUT2D eigenvalue weighted by Crippen LogP contribution is 2.24. The van der Waals surface area contributed by atoms with Gasteiger partial charge in [-0.25, -0.2) is 0 Å². The lowest BCUT2D eigenvalue weighted by Gasteiger charge is -2.04. The monoisotopic (exact) mass is 204 g/mol. The zero-order chi connectivity index (χ0) is 11.3. The molecular weight excluding hydrogens is 188 g/mol. The summed E-state index contributed by atoms with van der Waals surface area (Å²) in [5, 5.41) is 0.985. The van der Waals surface area contributed by atoms with Crippen LogP contribution >= 0.6 is 0 Å². The maximum absolute atomic E-state index is 5.63. The van der Waals surface area contributed by atoms with Crippen molar-refractivity contribution in [3.63, 3.8) is 0 Å². The molecule has 0 spiro atoms. The van der Waals surface area contributed by atoms with E-state index in [0.717, 1.165) is 16.7 Å². The fourth-order valence-corrected chi connectivity index (χ4v) is 1.32. The molecule has 0 fully saturated rings. The molecule has 0 atom stereocenters. The molecule has 0 saturated carbocycles. The van der Waals surface area contributed by atoms with Gasteiger partial charge < -0.3 is 10.5 Å². The van der Waals surface area contributed by atoms with E-state index in [1.54, 1.807) is 13.3 Å². The van der Waals surface area contributed by atoms with E-state index in [1.165, 1.54) is 0 Å². The van der Waals surface area contributed by atoms with E-state index in [2.05, 4.69) is 4.98 Å². The van der Waals surface area contributed by atoms with Gasteiger partial charge in [-0.05, 0) is 24.3 Å². The van der Waals surface area contributed by atoms with Gasteiger partial charge in [0.2, 0.25) is 0 Å². The summed E-state index contributed by atoms with van der Waals surface area (Å²) >= 11 is 0. The van der Waals surface area contributed by atoms with Gasteiger partial charge in [-0.2, -0.15) is 0 Å². The smallest absolute Gasteiger partial charge is 0.129 e. The van der Waals surface area contributed by atoms with Gasteiger partial charge in [0.25, 0.3) is 0 Å². The van der Waals surface area contributed by atoms with Crippen LogP contribution in [-0.2, 0) is 0 Å². The Morgan fingerprint density at radius 1 is 1.20 bits per heavy atom. The number of methoxy groups -OCH3 is 1. The highest BCUT2D eigenvalue weighted by atomic mass is 16.5. The second-order valence-electron chi connectivity index (χ2n) is 2.79. The SMILES string of the molecule is CC.COc1ccnc2cc(N)ccc12. The second kappa shape index (κ2) is 5.20. The van der Waals surface area contributed by atoms with E-state index in [1.807, 2.05) is 38.1 Å². The van der Waals surface area contributed by atoms with Crippen LogP contribution in [-0.4, -0.2) is 12.1 Å². The van der Waals surface area contributed by atoms with Crippen LogP contribution in [0.2, 0.25) is 0 Å². The largest absolute Gasteiger partial charge is 0.496 e. The van der Waals surface area contributed by atoms with Crippen molar-refractivity contribution in [1.29, 1.82) is 0 Å². The van der Waals surface area contributed by atoms with E-state index < -0.39 is 0 Å². The lowest BCUT2D eigenvalue weighted by atomic mass is 10.2. The number of aromatic nitrogens is 1. The number of ether oxygens (including phenoxy) is 1. The van der Waals surface area contributed by atoms with Crippen LogP contribution < -0.4 is 10.5 Å². The molecule has 0 saturated heterocycles. The van der Waals surface area contributed by atoms with Crippen molar-refractivity contribution in [2.24, 2.45) is 0 Å². The van der Waals surface area contributed by atoms with Crippen LogP contribution in [0.5, 0.6) is 5.75 Å². The summed E-state index contributed by atoms with van der Waals surface area (Å²) in [5.41, 5.74) is 7.21. The second-order valence-corrected chi connectivity index (χ2v) is 2.79. The van der Waals surface area contributed by atoms with Crippen LogP contribution in [0.4, 0.5) is 5.69 Å². The number of nitrogen functional groups attached to an aromatic ring is 1. The number of nitrogens with zero attached hydrogens (tertiary/aromatic N) is 1. The van der Waals surface area contributed by atoms with Gasteiger partial charge in [-0.3, -0.25) is 4.98 Å². The number of fused-ring (bicyclic) bond motifs is 1. The van der Waals surface area contributed by atoms with Gasteiger partial charge in [0.15, 0.2) is 0 Å². The molecule has 0 amide bonds. The Labute approximate surface area is 89.9 Å². The zero-order valence-electron chi connectivity index (χ0n) is 9.32. The molecule has 2 aromatic rings. The van der Waals surface area contributed by atoms with Crippen molar-refractivity contribution in [3.05, 3.63) is 30.5 Å². The predicted molar refractivity (Wildman–Crippen MR) is 64.1 cm³/mol. The van der Waals surface area contributed by atoms with E-state index >= 15 is 0 Å². The third-order valence-corrected chi connectivity index (χ3v) is 1.95. The summed E-state index contributed by atoms with van der Waals surface area (Å²) in [6, 6.07) is 7.42. The van der Waals surface area contributed by atoms with E-state index in [9.17, 15) is 0 Å². The first kappa shape index (κ1) is 11.3. The number of anilines is 1. The Kier molecular flexibility index (Phi) is 3.92. The first-order valence-corrected chi connectivity index (χ1v) is 4.99. The first-order valence-electron chi connectivity index (χ1n) is 4.99. The molecule has 3 nitrogen and oxygen atoms in total. The topological polar surface area (TPSA) is 48.1 Å². The first-order chi connectivity index (χ1) is 7.31. The van der Waals surface area contributed by atoms with Gasteiger partial charge in [-0.15, -0.1) is 0 Å². The fourth-order valence-electron chi connectivity index (χ4n) is 1.32. The van der Waals surface area contributed by atoms with Gasteiger partial charge in [0.05, 0.1) is 12.6 Å². The standard InChI is InChI=1S/C10H10N2O.C2H6/c1-13-10-4-5-12-9-6-7(11)2-3-8(9)10;1-2/h2-6H,11H2,1H3;1-2H3. The van der Waals surface area contributed by atoms with Crippen molar-refractivity contribution < 1.29 is 4.74 Å². The molecule has 1 aromatic carbocycles. The molecule has 0 aliphatic rings. The van der Waals surface area contributed by atoms with Crippen molar-refractivity contribution in [2.75, 3.05) is 12.8 Å². The van der Waals surface area contributed by atoms with Crippen molar-refractivity contribution in [3.8, 4) is 5.75 Å². The van der Waals surface area contributed by atoms with Gasteiger partial charge in [0, 0.05) is 17.3 Å². The Hall–Kier alpha value is -1.77. The number of rotatable bonds is 1. The van der Waals surface area contributed by atoms with E-state index in [0.29, 0.717) is 5.69 Å². The number of hydrogen-bond acceptors (Lipinski definition) is 3. The fraction of sp³-hybridized carbons (Fsp3) is 0.250. The zero-order valence-corrected chi connectivity index (χ0v) is 9.32. The molecule has 2 N–H and O–H groups in total. The van der Waals surface area contributed by atoms with Crippen LogP contribution in [0.3, 0.4) is 0 Å². The minimum Gasteiger partial charge on any atom is -0.496 e. The quantitative estimate of drug-likeness (QED) is 0.726. The number of pyridine rings is 1. The molecule has 1 aromatic heterocycles. The molecule has 0 radical (unpaired) electrons. The van der Waals surface area contributed by atoms with Crippen LogP contribution in [0.15, 0.2) is 30.5 Å². The van der Waals surface area contributed by atoms with Crippen LogP contribution in [0.25, 0.3) is 10.9 Å². The maximum Gasteiger partial charge on any atom is 0.129 e. The summed E-state index contributed by atoms with van der Waals surface area (Å²) in [6.07, 6.45) is 1.71. The lowest BCUT2D eigenvalue weighted by molar-refractivity contribution is 0.419. The molecule has 0 bridgehead atoms. The molecule has 80 valence electrons. The molecule has 0 aliphatic heterocycles. The maximum atomic E-state index is 5.63. The summed E-state index contributed by atoms with van der Waals surface area (Å²) in [7, 11) is 1.64. The van der Waals surface area contributed by atoms with Crippen LogP contribution in [0.1, 0.15) is 13.8 Å². The van der Waals surface area contributed by atoms with Gasteiger partial charge >= 0.3 is 0 Å². The summed E-state index contributed by atoms with van der Waals surface area (Å²) < 4.78 is 5.19. The van der Waals surface area contributed by atoms with E-state index in [4.69, 9.17) is 10.5 Å². The number of nitrogens with two attached hydrogens (primary N) is 1. The highest BCUT2D eigenvalue weighted by molar-refractivity contribution is 5.87. The number of benzene rings is 1. The summed E-state index contributed by atoms with van der Waals surface area (Å²) in [4.78, 5) is 4.19. The molecule has 0 aliphatic carbocycles. The third-order valence-electron chi connectivity index (χ3n) is 1.95. The molecule has 15 heavy (non-hydrogen) atoms. The normalized spacial score (nSPS) is 9.27. The summed E-state index contributed by atoms with van der Waals surface area (Å²) in [6.45, 7) is 4.00. The number of hydrogen-bond donors (Lipinski definition) is 1. The average Bonchev–Trinajstić information content (AvgIpc) is 2.30. The lowest BCUT2D eigenvalue weighted by Crippen LogP contribution is -1.89. The van der Waals surface area contributed by atoms with Crippen molar-refractivity contribution in [2.45, 2.75) is 13.8 Å². The van der Waals surface area contributed by atoms with Gasteiger partial charge in [-0.1, -0.05) is 13.8 Å². The highest BCUT2D eigenvalue weighted by Gasteiger charge is 2.00. The Bertz CT molecular complexity index is 441. The minimum absolute atomic E-state index is 0.716. The minimum atomic E-state index is 0.716. The molecule has 2 rings (SSSR count). The molecule has 0 unspecified atom stereocenters. The summed E-state index contributed by atoms with van der Waals surface area (Å²) in [5.74, 6) is 0.824. The Morgan fingerprint density at radius 2 is 1.93 bits per heavy atom. The molecule has 1 heterocycles. The van der Waals surface area contributed by atoms with Crippen molar-refractivity contribution in [1.82, 2.24) is 4.98 Å². The molecular formula is C12H16N2O. The predicted octanol–water partition coefficient (Wildman–Crippen LogP) is 2.85. The van der Waals surface area contributed by atoms with Gasteiger partial charge in [0.1, 0.15) is 5.75 Å². The average molecular weight is 204 g/mol.